The average molecular weight is 374 g/mol. The van der Waals surface area contributed by atoms with Gasteiger partial charge >= 0.3 is 0 Å². The highest BCUT2D eigenvalue weighted by atomic mass is 16.5. The summed E-state index contributed by atoms with van der Waals surface area (Å²) >= 11 is 0. The number of aromatic nitrogens is 2. The number of hydrazone groups is 1. The molecule has 28 heavy (non-hydrogen) atoms. The van der Waals surface area contributed by atoms with Crippen LogP contribution in [0, 0.1) is 5.92 Å². The Labute approximate surface area is 163 Å². The fraction of sp³-hybridized carbons (Fsp3) is 0.273. The molecule has 0 N–H and O–H groups in total. The molecule has 0 saturated carbocycles. The topological polar surface area (TPSA) is 67.7 Å². The van der Waals surface area contributed by atoms with Gasteiger partial charge in [0.25, 0.3) is 0 Å². The Bertz CT molecular complexity index is 1060. The van der Waals surface area contributed by atoms with E-state index in [1.54, 1.807) is 24.5 Å². The second kappa shape index (κ2) is 7.38. The van der Waals surface area contributed by atoms with E-state index in [0.29, 0.717) is 6.42 Å². The Morgan fingerprint density at radius 2 is 1.89 bits per heavy atom. The van der Waals surface area contributed by atoms with Crippen molar-refractivity contribution in [1.29, 1.82) is 0 Å². The Hall–Kier alpha value is -3.28. The van der Waals surface area contributed by atoms with E-state index >= 15 is 0 Å². The molecule has 0 bridgehead atoms. The number of carbonyl (C=O) groups excluding carboxylic acids is 1. The van der Waals surface area contributed by atoms with Crippen molar-refractivity contribution in [3.63, 3.8) is 0 Å². The van der Waals surface area contributed by atoms with Crippen molar-refractivity contribution in [1.82, 2.24) is 15.0 Å². The van der Waals surface area contributed by atoms with Gasteiger partial charge in [-0.15, -0.1) is 0 Å². The molecule has 142 valence electrons. The van der Waals surface area contributed by atoms with E-state index in [1.165, 1.54) is 0 Å². The lowest BCUT2D eigenvalue weighted by atomic mass is 9.97. The number of rotatable bonds is 4. The first-order valence-corrected chi connectivity index (χ1v) is 9.32. The summed E-state index contributed by atoms with van der Waals surface area (Å²) in [6, 6.07) is 13.6. The van der Waals surface area contributed by atoms with Crippen molar-refractivity contribution < 1.29 is 9.53 Å². The predicted molar refractivity (Wildman–Crippen MR) is 108 cm³/mol. The number of amides is 1. The number of fused-ring (bicyclic) bond motifs is 1. The summed E-state index contributed by atoms with van der Waals surface area (Å²) in [5.41, 5.74) is 4.48. The van der Waals surface area contributed by atoms with Crippen molar-refractivity contribution in [2.45, 2.75) is 26.3 Å². The molecule has 1 aliphatic rings. The molecular formula is C22H22N4O2. The molecule has 0 spiro atoms. The molecule has 0 saturated heterocycles. The zero-order valence-corrected chi connectivity index (χ0v) is 16.2. The molecule has 6 nitrogen and oxygen atoms in total. The van der Waals surface area contributed by atoms with E-state index in [2.05, 4.69) is 9.97 Å². The smallest absolute Gasteiger partial charge is 0.245 e. The van der Waals surface area contributed by atoms with Crippen molar-refractivity contribution in [3.05, 3.63) is 66.0 Å². The molecule has 1 atom stereocenters. The van der Waals surface area contributed by atoms with Crippen LogP contribution in [0.5, 0.6) is 5.75 Å². The molecule has 0 fully saturated rings. The third-order valence-electron chi connectivity index (χ3n) is 4.91. The highest BCUT2D eigenvalue weighted by Gasteiger charge is 2.34. The summed E-state index contributed by atoms with van der Waals surface area (Å²) in [6.07, 6.45) is 3.99. The lowest BCUT2D eigenvalue weighted by Crippen LogP contribution is -2.30. The van der Waals surface area contributed by atoms with E-state index in [-0.39, 0.29) is 17.9 Å². The predicted octanol–water partition coefficient (Wildman–Crippen LogP) is 3.97. The van der Waals surface area contributed by atoms with E-state index in [4.69, 9.17) is 9.84 Å². The van der Waals surface area contributed by atoms with Crippen molar-refractivity contribution >= 4 is 22.7 Å². The SMILES string of the molecule is COc1cccc(C2=NN(C(=O)C(C)C)[C@H](c3ccc4nccnc4c3)C2)c1. The van der Waals surface area contributed by atoms with Gasteiger partial charge in [-0.1, -0.05) is 32.0 Å². The van der Waals surface area contributed by atoms with E-state index in [9.17, 15) is 4.79 Å². The Morgan fingerprint density at radius 3 is 2.64 bits per heavy atom. The van der Waals surface area contributed by atoms with Crippen LogP contribution in [0.4, 0.5) is 0 Å². The van der Waals surface area contributed by atoms with Gasteiger partial charge in [-0.2, -0.15) is 5.10 Å². The first kappa shape index (κ1) is 18.1. The molecule has 0 unspecified atom stereocenters. The average Bonchev–Trinajstić information content (AvgIpc) is 3.18. The van der Waals surface area contributed by atoms with Crippen LogP contribution in [-0.2, 0) is 4.79 Å². The summed E-state index contributed by atoms with van der Waals surface area (Å²) in [6.45, 7) is 3.79. The van der Waals surface area contributed by atoms with Crippen LogP contribution < -0.4 is 4.74 Å². The fourth-order valence-corrected chi connectivity index (χ4v) is 3.40. The minimum absolute atomic E-state index is 0.00198. The van der Waals surface area contributed by atoms with Gasteiger partial charge in [0, 0.05) is 30.3 Å². The van der Waals surface area contributed by atoms with Crippen molar-refractivity contribution in [3.8, 4) is 5.75 Å². The standard InChI is InChI=1S/C22H22N4O2/c1-14(2)22(27)26-21(16-7-8-18-20(12-16)24-10-9-23-18)13-19(25-26)15-5-4-6-17(11-15)28-3/h4-12,14,21H,13H2,1-3H3/t21-/m0/s1. The molecule has 0 aliphatic carbocycles. The molecule has 6 heteroatoms. The van der Waals surface area contributed by atoms with Crippen LogP contribution in [0.2, 0.25) is 0 Å². The minimum Gasteiger partial charge on any atom is -0.497 e. The maximum absolute atomic E-state index is 12.9. The molecule has 1 aliphatic heterocycles. The van der Waals surface area contributed by atoms with Gasteiger partial charge in [-0.25, -0.2) is 5.01 Å². The zero-order chi connectivity index (χ0) is 19.7. The third-order valence-corrected chi connectivity index (χ3v) is 4.91. The highest BCUT2D eigenvalue weighted by molar-refractivity contribution is 6.03. The number of hydrogen-bond acceptors (Lipinski definition) is 5. The zero-order valence-electron chi connectivity index (χ0n) is 16.2. The van der Waals surface area contributed by atoms with Crippen LogP contribution in [0.3, 0.4) is 0 Å². The molecule has 0 radical (unpaired) electrons. The van der Waals surface area contributed by atoms with Gasteiger partial charge in [-0.3, -0.25) is 14.8 Å². The number of ether oxygens (including phenoxy) is 1. The van der Waals surface area contributed by atoms with Gasteiger partial charge < -0.3 is 4.74 Å². The van der Waals surface area contributed by atoms with Crippen LogP contribution in [0.1, 0.15) is 37.4 Å². The summed E-state index contributed by atoms with van der Waals surface area (Å²) < 4.78 is 5.34. The normalized spacial score (nSPS) is 16.5. The number of methoxy groups -OCH3 is 1. The maximum atomic E-state index is 12.9. The first-order valence-electron chi connectivity index (χ1n) is 9.32. The lowest BCUT2D eigenvalue weighted by molar-refractivity contribution is -0.136. The second-order valence-electron chi connectivity index (χ2n) is 7.14. The first-order chi connectivity index (χ1) is 13.6. The molecule has 4 rings (SSSR count). The van der Waals surface area contributed by atoms with Crippen molar-refractivity contribution in [2.24, 2.45) is 11.0 Å². The summed E-state index contributed by atoms with van der Waals surface area (Å²) in [7, 11) is 1.64. The number of benzene rings is 2. The molecule has 1 amide bonds. The van der Waals surface area contributed by atoms with Crippen LogP contribution in [0.15, 0.2) is 60.0 Å². The third kappa shape index (κ3) is 3.33. The van der Waals surface area contributed by atoms with Gasteiger partial charge in [-0.05, 0) is 29.8 Å². The van der Waals surface area contributed by atoms with Gasteiger partial charge in [0.05, 0.1) is 29.9 Å². The van der Waals surface area contributed by atoms with Gasteiger partial charge in [0.1, 0.15) is 5.75 Å². The summed E-state index contributed by atoms with van der Waals surface area (Å²) in [5, 5.41) is 6.32. The summed E-state index contributed by atoms with van der Waals surface area (Å²) in [5.74, 6) is 0.629. The molecule has 2 aromatic carbocycles. The monoisotopic (exact) mass is 374 g/mol. The van der Waals surface area contributed by atoms with Crippen LogP contribution >= 0.6 is 0 Å². The Morgan fingerprint density at radius 1 is 1.11 bits per heavy atom. The Kier molecular flexibility index (Phi) is 4.77. The summed E-state index contributed by atoms with van der Waals surface area (Å²) in [4.78, 5) is 21.6. The second-order valence-corrected chi connectivity index (χ2v) is 7.14. The number of hydrogen-bond donors (Lipinski definition) is 0. The van der Waals surface area contributed by atoms with Crippen LogP contribution in [0.25, 0.3) is 11.0 Å². The van der Waals surface area contributed by atoms with E-state index in [1.807, 2.05) is 56.3 Å². The Balaban J connectivity index is 1.74. The molecular weight excluding hydrogens is 352 g/mol. The van der Waals surface area contributed by atoms with Crippen LogP contribution in [-0.4, -0.2) is 33.7 Å². The van der Waals surface area contributed by atoms with Crippen molar-refractivity contribution in [2.75, 3.05) is 7.11 Å². The molecule has 1 aromatic heterocycles. The van der Waals surface area contributed by atoms with Gasteiger partial charge in [0.2, 0.25) is 5.91 Å². The largest absolute Gasteiger partial charge is 0.497 e. The quantitative estimate of drug-likeness (QED) is 0.693. The molecule has 2 heterocycles. The number of carbonyl (C=O) groups is 1. The van der Waals surface area contributed by atoms with E-state index in [0.717, 1.165) is 33.6 Å². The maximum Gasteiger partial charge on any atom is 0.245 e. The fourth-order valence-electron chi connectivity index (χ4n) is 3.40. The lowest BCUT2D eigenvalue weighted by Gasteiger charge is -2.23. The van der Waals surface area contributed by atoms with Gasteiger partial charge in [0.15, 0.2) is 0 Å². The van der Waals surface area contributed by atoms with E-state index < -0.39 is 0 Å². The molecule has 3 aromatic rings. The number of nitrogens with zero attached hydrogens (tertiary/aromatic N) is 4. The highest BCUT2D eigenvalue weighted by Crippen LogP contribution is 2.35. The minimum atomic E-state index is -0.164.